The lowest BCUT2D eigenvalue weighted by Gasteiger charge is -2.19. The Labute approximate surface area is 134 Å². The monoisotopic (exact) mass is 378 g/mol. The Morgan fingerprint density at radius 2 is 1.79 bits per heavy atom. The topological polar surface area (TPSA) is 38.0 Å². The van der Waals surface area contributed by atoms with Crippen LogP contribution in [0.5, 0.6) is 0 Å². The molecule has 6 heteroatoms. The lowest BCUT2D eigenvalue weighted by molar-refractivity contribution is 0.637. The molecule has 0 fully saturated rings. The first-order valence-electron chi connectivity index (χ1n) is 5.39. The number of nitrogens with two attached hydrogens (primary N) is 1. The molecule has 0 spiro atoms. The minimum atomic E-state index is -0.281. The normalized spacial score (nSPS) is 12.5. The van der Waals surface area contributed by atoms with Crippen molar-refractivity contribution in [3.8, 4) is 0 Å². The highest BCUT2D eigenvalue weighted by molar-refractivity contribution is 9.10. The summed E-state index contributed by atoms with van der Waals surface area (Å²) in [6, 6.07) is 10.8. The van der Waals surface area contributed by atoms with Crippen molar-refractivity contribution in [3.05, 3.63) is 67.1 Å². The lowest BCUT2D eigenvalue weighted by atomic mass is 9.99. The fraction of sp³-hybridized carbons (Fsp3) is 0.0769. The predicted molar refractivity (Wildman–Crippen MR) is 84.8 cm³/mol. The molecule has 0 bridgehead atoms. The minimum absolute atomic E-state index is 0.281. The molecular weight excluding hydrogens is 370 g/mol. The molecule has 2 nitrogen and oxygen atoms in total. The summed E-state index contributed by atoms with van der Waals surface area (Å²) in [6.07, 6.45) is 0. The third kappa shape index (κ3) is 3.24. The Hall–Kier alpha value is -0.290. The third-order valence-electron chi connectivity index (χ3n) is 2.74. The van der Waals surface area contributed by atoms with Crippen LogP contribution in [0.15, 0.2) is 40.9 Å². The van der Waals surface area contributed by atoms with Crippen molar-refractivity contribution in [2.45, 2.75) is 6.04 Å². The standard InChI is InChI=1S/C13H10BrCl3N2/c14-9-5-4-7(6-11(9)16)13(19-18)8-2-1-3-10(15)12(8)17/h1-6,13,19H,18H2. The Morgan fingerprint density at radius 3 is 2.42 bits per heavy atom. The maximum absolute atomic E-state index is 6.22. The van der Waals surface area contributed by atoms with E-state index in [4.69, 9.17) is 40.6 Å². The molecule has 100 valence electrons. The number of hydrogen-bond donors (Lipinski definition) is 2. The van der Waals surface area contributed by atoms with Gasteiger partial charge < -0.3 is 0 Å². The summed E-state index contributed by atoms with van der Waals surface area (Å²) in [5.74, 6) is 5.64. The molecule has 2 aromatic rings. The number of rotatable bonds is 3. The van der Waals surface area contributed by atoms with Gasteiger partial charge in [-0.3, -0.25) is 5.84 Å². The molecule has 3 N–H and O–H groups in total. The fourth-order valence-corrected chi connectivity index (χ4v) is 2.65. The van der Waals surface area contributed by atoms with Gasteiger partial charge in [-0.05, 0) is 45.3 Å². The maximum atomic E-state index is 6.22. The highest BCUT2D eigenvalue weighted by Gasteiger charge is 2.17. The van der Waals surface area contributed by atoms with E-state index in [0.717, 1.165) is 15.6 Å². The van der Waals surface area contributed by atoms with Gasteiger partial charge in [0.1, 0.15) is 0 Å². The first-order chi connectivity index (χ1) is 9.04. The summed E-state index contributed by atoms with van der Waals surface area (Å²) < 4.78 is 0.825. The van der Waals surface area contributed by atoms with Crippen molar-refractivity contribution in [1.82, 2.24) is 5.43 Å². The van der Waals surface area contributed by atoms with Gasteiger partial charge in [0.25, 0.3) is 0 Å². The molecule has 1 unspecified atom stereocenters. The summed E-state index contributed by atoms with van der Waals surface area (Å²) in [6.45, 7) is 0. The Bertz CT molecular complexity index is 604. The smallest absolute Gasteiger partial charge is 0.0725 e. The zero-order valence-corrected chi connectivity index (χ0v) is 13.5. The van der Waals surface area contributed by atoms with E-state index in [1.165, 1.54) is 0 Å². The van der Waals surface area contributed by atoms with Gasteiger partial charge in [0.05, 0.1) is 21.1 Å². The number of hydrazine groups is 1. The number of benzene rings is 2. The van der Waals surface area contributed by atoms with E-state index in [2.05, 4.69) is 21.4 Å². The van der Waals surface area contributed by atoms with Gasteiger partial charge >= 0.3 is 0 Å². The van der Waals surface area contributed by atoms with Gasteiger partial charge in [-0.1, -0.05) is 53.0 Å². The van der Waals surface area contributed by atoms with Crippen molar-refractivity contribution >= 4 is 50.7 Å². The Kier molecular flexibility index (Phi) is 5.12. The second kappa shape index (κ2) is 6.44. The van der Waals surface area contributed by atoms with Crippen LogP contribution >= 0.6 is 50.7 Å². The van der Waals surface area contributed by atoms with Crippen LogP contribution in [-0.4, -0.2) is 0 Å². The van der Waals surface area contributed by atoms with Crippen LogP contribution in [0.1, 0.15) is 17.2 Å². The van der Waals surface area contributed by atoms with Crippen LogP contribution in [0.4, 0.5) is 0 Å². The van der Waals surface area contributed by atoms with E-state index in [-0.39, 0.29) is 6.04 Å². The molecule has 0 saturated heterocycles. The summed E-state index contributed by atoms with van der Waals surface area (Å²) >= 11 is 21.7. The van der Waals surface area contributed by atoms with E-state index < -0.39 is 0 Å². The summed E-state index contributed by atoms with van der Waals surface area (Å²) in [7, 11) is 0. The highest BCUT2D eigenvalue weighted by atomic mass is 79.9. The maximum Gasteiger partial charge on any atom is 0.0725 e. The molecule has 0 aliphatic carbocycles. The summed E-state index contributed by atoms with van der Waals surface area (Å²) in [5, 5.41) is 1.57. The average Bonchev–Trinajstić information content (AvgIpc) is 2.39. The van der Waals surface area contributed by atoms with E-state index in [1.54, 1.807) is 6.07 Å². The lowest BCUT2D eigenvalue weighted by Crippen LogP contribution is -2.29. The quantitative estimate of drug-likeness (QED) is 0.583. The number of nitrogens with one attached hydrogen (secondary N) is 1. The Balaban J connectivity index is 2.50. The van der Waals surface area contributed by atoms with Gasteiger partial charge in [0.2, 0.25) is 0 Å². The van der Waals surface area contributed by atoms with Crippen molar-refractivity contribution in [1.29, 1.82) is 0 Å². The first-order valence-corrected chi connectivity index (χ1v) is 7.32. The van der Waals surface area contributed by atoms with Gasteiger partial charge in [0.15, 0.2) is 0 Å². The average molecular weight is 380 g/mol. The van der Waals surface area contributed by atoms with Crippen LogP contribution < -0.4 is 11.3 Å². The van der Waals surface area contributed by atoms with Crippen LogP contribution in [0.25, 0.3) is 0 Å². The predicted octanol–water partition coefficient (Wildman–Crippen LogP) is 4.96. The molecular formula is C13H10BrCl3N2. The Morgan fingerprint density at radius 1 is 1.05 bits per heavy atom. The van der Waals surface area contributed by atoms with Crippen LogP contribution in [0, 0.1) is 0 Å². The zero-order valence-electron chi connectivity index (χ0n) is 9.63. The SMILES string of the molecule is NNC(c1ccc(Br)c(Cl)c1)c1cccc(Cl)c1Cl. The molecule has 0 aliphatic rings. The number of hydrogen-bond acceptors (Lipinski definition) is 2. The van der Waals surface area contributed by atoms with E-state index in [9.17, 15) is 0 Å². The molecule has 19 heavy (non-hydrogen) atoms. The molecule has 1 atom stereocenters. The first kappa shape index (κ1) is 15.1. The zero-order chi connectivity index (χ0) is 14.0. The molecule has 2 rings (SSSR count). The highest BCUT2D eigenvalue weighted by Crippen LogP contribution is 2.34. The molecule has 0 heterocycles. The third-order valence-corrected chi connectivity index (χ3v) is 4.80. The second-order valence-electron chi connectivity index (χ2n) is 3.92. The molecule has 0 saturated carbocycles. The van der Waals surface area contributed by atoms with Gasteiger partial charge in [-0.2, -0.15) is 0 Å². The van der Waals surface area contributed by atoms with Crippen molar-refractivity contribution < 1.29 is 0 Å². The van der Waals surface area contributed by atoms with E-state index in [0.29, 0.717) is 15.1 Å². The van der Waals surface area contributed by atoms with Crippen LogP contribution in [0.2, 0.25) is 15.1 Å². The van der Waals surface area contributed by atoms with Gasteiger partial charge in [0, 0.05) is 4.47 Å². The molecule has 0 aliphatic heterocycles. The molecule has 0 aromatic heterocycles. The second-order valence-corrected chi connectivity index (χ2v) is 5.96. The van der Waals surface area contributed by atoms with Gasteiger partial charge in [-0.15, -0.1) is 0 Å². The van der Waals surface area contributed by atoms with Crippen molar-refractivity contribution in [2.75, 3.05) is 0 Å². The van der Waals surface area contributed by atoms with Crippen molar-refractivity contribution in [2.24, 2.45) is 5.84 Å². The summed E-state index contributed by atoms with van der Waals surface area (Å²) in [4.78, 5) is 0. The summed E-state index contributed by atoms with van der Waals surface area (Å²) in [5.41, 5.74) is 4.44. The fourth-order valence-electron chi connectivity index (χ4n) is 1.80. The van der Waals surface area contributed by atoms with Crippen LogP contribution in [0.3, 0.4) is 0 Å². The van der Waals surface area contributed by atoms with E-state index in [1.807, 2.05) is 30.3 Å². The molecule has 0 radical (unpaired) electrons. The van der Waals surface area contributed by atoms with Crippen LogP contribution in [-0.2, 0) is 0 Å². The molecule has 0 amide bonds. The van der Waals surface area contributed by atoms with Gasteiger partial charge in [-0.25, -0.2) is 5.43 Å². The largest absolute Gasteiger partial charge is 0.271 e. The van der Waals surface area contributed by atoms with E-state index >= 15 is 0 Å². The molecule has 2 aromatic carbocycles. The van der Waals surface area contributed by atoms with Crippen molar-refractivity contribution in [3.63, 3.8) is 0 Å². The number of halogens is 4. The minimum Gasteiger partial charge on any atom is -0.271 e.